The summed E-state index contributed by atoms with van der Waals surface area (Å²) in [7, 11) is 0. The molecule has 0 spiro atoms. The molecule has 1 unspecified atom stereocenters. The third-order valence-electron chi connectivity index (χ3n) is 6.14. The van der Waals surface area contributed by atoms with E-state index in [0.29, 0.717) is 0 Å². The van der Waals surface area contributed by atoms with Crippen molar-refractivity contribution < 1.29 is 79.8 Å². The lowest BCUT2D eigenvalue weighted by Crippen LogP contribution is -2.66. The summed E-state index contributed by atoms with van der Waals surface area (Å²) in [6.07, 6.45) is -24.1. The van der Waals surface area contributed by atoms with Crippen molar-refractivity contribution in [3.05, 3.63) is 0 Å². The minimum atomic E-state index is -1.89. The van der Waals surface area contributed by atoms with Crippen molar-refractivity contribution in [1.29, 1.82) is 0 Å². The molecule has 200 valence electrons. The molecule has 0 aliphatic carbocycles. The Balaban J connectivity index is 1.84. The summed E-state index contributed by atoms with van der Waals surface area (Å²) < 4.78 is 27.2. The van der Waals surface area contributed by atoms with Gasteiger partial charge in [-0.1, -0.05) is 0 Å². The highest BCUT2D eigenvalue weighted by Gasteiger charge is 2.53. The van der Waals surface area contributed by atoms with Crippen molar-refractivity contribution in [3.63, 3.8) is 0 Å². The summed E-state index contributed by atoms with van der Waals surface area (Å²) in [6.45, 7) is 0.0146. The topological polar surface area (TPSA) is 258 Å². The monoisotopic (exact) mass is 504 g/mol. The third kappa shape index (κ3) is 5.37. The van der Waals surface area contributed by atoms with Gasteiger partial charge in [0.1, 0.15) is 67.1 Å². The van der Waals surface area contributed by atoms with Gasteiger partial charge in [-0.05, 0) is 6.92 Å². The highest BCUT2D eigenvalue weighted by Crippen LogP contribution is 2.33. The van der Waals surface area contributed by atoms with Crippen molar-refractivity contribution in [3.8, 4) is 0 Å². The molecule has 16 heteroatoms. The molecule has 3 aliphatic rings. The van der Waals surface area contributed by atoms with Crippen LogP contribution in [0.2, 0.25) is 0 Å². The van der Waals surface area contributed by atoms with Crippen molar-refractivity contribution in [2.24, 2.45) is 0 Å². The third-order valence-corrected chi connectivity index (χ3v) is 6.14. The second kappa shape index (κ2) is 11.6. The van der Waals surface area contributed by atoms with Crippen LogP contribution < -0.4 is 0 Å². The highest BCUT2D eigenvalue weighted by atomic mass is 17.1. The van der Waals surface area contributed by atoms with Crippen LogP contribution in [0.3, 0.4) is 0 Å². The van der Waals surface area contributed by atoms with Gasteiger partial charge in [-0.25, -0.2) is 10.1 Å². The normalized spacial score (nSPS) is 52.5. The first-order valence-corrected chi connectivity index (χ1v) is 10.6. The zero-order valence-electron chi connectivity index (χ0n) is 18.0. The molecule has 0 saturated carbocycles. The fraction of sp³-hybridized carbons (Fsp3) is 1.00. The molecule has 34 heavy (non-hydrogen) atoms. The molecule has 16 nitrogen and oxygen atoms in total. The Labute approximate surface area is 192 Å². The largest absolute Gasteiger partial charge is 0.394 e. The molecular formula is C18H32O16. The van der Waals surface area contributed by atoms with E-state index in [4.69, 9.17) is 28.9 Å². The molecule has 0 bridgehead atoms. The van der Waals surface area contributed by atoms with Crippen LogP contribution in [0.25, 0.3) is 0 Å². The number of aliphatic hydroxyl groups is 9. The quantitative estimate of drug-likeness (QED) is 0.114. The Bertz CT molecular complexity index is 599. The molecule has 0 aromatic rings. The first-order chi connectivity index (χ1) is 16.0. The fourth-order valence-corrected chi connectivity index (χ4v) is 4.08. The fourth-order valence-electron chi connectivity index (χ4n) is 4.08. The maximum Gasteiger partial charge on any atom is 0.222 e. The SMILES string of the molecule is CC1O[C@H](CO)[C@@H](O[C@@H]2O[C@H](OO)[C@@H](O)[C@H](O)[C@H]2O)[C@H](O[C@@H]2O[C@H](CO)[C@@H](O)[C@H](O)[C@H]2O)[C@H]1O. The van der Waals surface area contributed by atoms with Gasteiger partial charge in [0.15, 0.2) is 12.6 Å². The lowest BCUT2D eigenvalue weighted by atomic mass is 9.94. The molecule has 3 aliphatic heterocycles. The van der Waals surface area contributed by atoms with E-state index in [1.54, 1.807) is 0 Å². The van der Waals surface area contributed by atoms with Gasteiger partial charge >= 0.3 is 0 Å². The number of hydrogen-bond acceptors (Lipinski definition) is 16. The molecule has 3 fully saturated rings. The van der Waals surface area contributed by atoms with Crippen LogP contribution >= 0.6 is 0 Å². The van der Waals surface area contributed by atoms with Crippen molar-refractivity contribution in [2.45, 2.75) is 99.0 Å². The van der Waals surface area contributed by atoms with Gasteiger partial charge in [-0.2, -0.15) is 0 Å². The lowest BCUT2D eigenvalue weighted by Gasteiger charge is -2.48. The zero-order chi connectivity index (χ0) is 25.3. The van der Waals surface area contributed by atoms with Gasteiger partial charge in [0.2, 0.25) is 6.29 Å². The maximum absolute atomic E-state index is 10.7. The number of aliphatic hydroxyl groups excluding tert-OH is 9. The number of ether oxygens (including phenoxy) is 5. The van der Waals surface area contributed by atoms with Gasteiger partial charge in [0.25, 0.3) is 0 Å². The Morgan fingerprint density at radius 3 is 1.62 bits per heavy atom. The first kappa shape index (κ1) is 27.9. The predicted molar refractivity (Wildman–Crippen MR) is 101 cm³/mol. The van der Waals surface area contributed by atoms with Crippen LogP contribution in [0.1, 0.15) is 6.92 Å². The Morgan fingerprint density at radius 2 is 1.06 bits per heavy atom. The minimum Gasteiger partial charge on any atom is -0.394 e. The van der Waals surface area contributed by atoms with Crippen LogP contribution in [0.5, 0.6) is 0 Å². The Hall–Kier alpha value is -0.640. The molecular weight excluding hydrogens is 472 g/mol. The van der Waals surface area contributed by atoms with Crippen molar-refractivity contribution in [1.82, 2.24) is 0 Å². The summed E-state index contributed by atoms with van der Waals surface area (Å²) in [6, 6.07) is 0. The van der Waals surface area contributed by atoms with E-state index in [9.17, 15) is 46.0 Å². The van der Waals surface area contributed by atoms with Crippen LogP contribution in [0, 0.1) is 0 Å². The molecule has 0 amide bonds. The first-order valence-electron chi connectivity index (χ1n) is 10.6. The highest BCUT2D eigenvalue weighted by molar-refractivity contribution is 4.97. The number of rotatable bonds is 7. The van der Waals surface area contributed by atoms with E-state index in [1.165, 1.54) is 6.92 Å². The molecule has 3 saturated heterocycles. The smallest absolute Gasteiger partial charge is 0.222 e. The standard InChI is InChI=1S/C18H32O16/c1-4-7(21)15(32-16-11(25)9(23)8(22)5(2-19)30-16)14(6(3-20)29-4)31-17-12(26)10(24)13(27)18(33-17)34-28/h4-28H,2-3H2,1H3/t4?,5-,6-,7+,8-,9+,10-,11-,12-,13+,14-,15-,16+,17-,18-/m1/s1. The average Bonchev–Trinajstić information content (AvgIpc) is 2.83. The molecule has 10 N–H and O–H groups in total. The average molecular weight is 504 g/mol. The van der Waals surface area contributed by atoms with E-state index in [1.807, 2.05) is 0 Å². The van der Waals surface area contributed by atoms with E-state index >= 15 is 0 Å². The van der Waals surface area contributed by atoms with E-state index in [0.717, 1.165) is 0 Å². The summed E-state index contributed by atoms with van der Waals surface area (Å²) >= 11 is 0. The second-order valence-electron chi connectivity index (χ2n) is 8.40. The van der Waals surface area contributed by atoms with Crippen LogP contribution in [-0.2, 0) is 28.6 Å². The molecule has 0 radical (unpaired) electrons. The molecule has 15 atom stereocenters. The minimum absolute atomic E-state index is 0.690. The zero-order valence-corrected chi connectivity index (χ0v) is 18.0. The van der Waals surface area contributed by atoms with E-state index < -0.39 is 105 Å². The Morgan fingerprint density at radius 1 is 0.559 bits per heavy atom. The van der Waals surface area contributed by atoms with Crippen LogP contribution in [0.4, 0.5) is 0 Å². The van der Waals surface area contributed by atoms with E-state index in [-0.39, 0.29) is 0 Å². The molecule has 3 rings (SSSR count). The summed E-state index contributed by atoms with van der Waals surface area (Å²) in [5.41, 5.74) is 0. The molecule has 0 aromatic heterocycles. The van der Waals surface area contributed by atoms with Crippen LogP contribution in [-0.4, -0.2) is 157 Å². The molecule has 3 heterocycles. The summed E-state index contributed by atoms with van der Waals surface area (Å²) in [5.74, 6) is 0. The van der Waals surface area contributed by atoms with Gasteiger partial charge in [-0.3, -0.25) is 0 Å². The predicted octanol–water partition coefficient (Wildman–Crippen LogP) is -6.05. The van der Waals surface area contributed by atoms with Gasteiger partial charge in [0, 0.05) is 0 Å². The van der Waals surface area contributed by atoms with Gasteiger partial charge in [-0.15, -0.1) is 0 Å². The van der Waals surface area contributed by atoms with Gasteiger partial charge in [0.05, 0.1) is 19.3 Å². The van der Waals surface area contributed by atoms with Crippen molar-refractivity contribution in [2.75, 3.05) is 13.2 Å². The summed E-state index contributed by atoms with van der Waals surface area (Å²) in [5, 5.41) is 99.0. The summed E-state index contributed by atoms with van der Waals surface area (Å²) in [4.78, 5) is 3.93. The van der Waals surface area contributed by atoms with E-state index in [2.05, 4.69) is 4.89 Å². The van der Waals surface area contributed by atoms with Crippen molar-refractivity contribution >= 4 is 0 Å². The van der Waals surface area contributed by atoms with Crippen LogP contribution in [0.15, 0.2) is 0 Å². The molecule has 0 aromatic carbocycles. The maximum atomic E-state index is 10.7. The number of hydrogen-bond donors (Lipinski definition) is 10. The van der Waals surface area contributed by atoms with Gasteiger partial charge < -0.3 is 69.6 Å². The Kier molecular flexibility index (Phi) is 9.54. The second-order valence-corrected chi connectivity index (χ2v) is 8.40. The lowest BCUT2D eigenvalue weighted by molar-refractivity contribution is -0.439.